The van der Waals surface area contributed by atoms with E-state index in [1.165, 1.54) is 0 Å². The summed E-state index contributed by atoms with van der Waals surface area (Å²) >= 11 is 5.91. The Balaban J connectivity index is 2.21. The van der Waals surface area contributed by atoms with Crippen LogP contribution in [0.4, 0.5) is 11.6 Å². The molecule has 0 saturated heterocycles. The molecule has 21 heavy (non-hydrogen) atoms. The second-order valence-electron chi connectivity index (χ2n) is 4.42. The van der Waals surface area contributed by atoms with Crippen molar-refractivity contribution in [3.8, 4) is 0 Å². The molecule has 0 bridgehead atoms. The molecule has 0 saturated carbocycles. The van der Waals surface area contributed by atoms with Gasteiger partial charge < -0.3 is 9.73 Å². The van der Waals surface area contributed by atoms with Crippen LogP contribution < -0.4 is 10.7 Å². The smallest absolute Gasteiger partial charge is 0.212 e. The SMILES string of the molecule is O=Cc1c(Nc2ccccc2)oc2cc(Cl)ccc2c1=O. The van der Waals surface area contributed by atoms with Gasteiger partial charge in [-0.15, -0.1) is 0 Å². The lowest BCUT2D eigenvalue weighted by Crippen LogP contribution is -2.11. The summed E-state index contributed by atoms with van der Waals surface area (Å²) in [6.45, 7) is 0. The van der Waals surface area contributed by atoms with E-state index in [0.29, 0.717) is 28.0 Å². The molecule has 1 aromatic heterocycles. The molecule has 0 aliphatic carbocycles. The van der Waals surface area contributed by atoms with E-state index in [1.807, 2.05) is 18.2 Å². The number of carbonyl (C=O) groups excluding carboxylic acids is 1. The Hall–Kier alpha value is -2.59. The zero-order chi connectivity index (χ0) is 14.8. The third-order valence-corrected chi connectivity index (χ3v) is 3.27. The maximum Gasteiger partial charge on any atom is 0.212 e. The quantitative estimate of drug-likeness (QED) is 0.743. The minimum absolute atomic E-state index is 0.0475. The van der Waals surface area contributed by atoms with Crippen LogP contribution in [0.25, 0.3) is 11.0 Å². The van der Waals surface area contributed by atoms with Gasteiger partial charge in [-0.1, -0.05) is 29.8 Å². The molecule has 2 aromatic carbocycles. The molecule has 1 N–H and O–H groups in total. The monoisotopic (exact) mass is 299 g/mol. The molecule has 0 atom stereocenters. The van der Waals surface area contributed by atoms with Gasteiger partial charge in [-0.25, -0.2) is 0 Å². The number of fused-ring (bicyclic) bond motifs is 1. The predicted molar refractivity (Wildman–Crippen MR) is 82.6 cm³/mol. The van der Waals surface area contributed by atoms with E-state index >= 15 is 0 Å². The number of carbonyl (C=O) groups is 1. The number of hydrogen-bond donors (Lipinski definition) is 1. The fourth-order valence-electron chi connectivity index (χ4n) is 2.03. The highest BCUT2D eigenvalue weighted by Gasteiger charge is 2.14. The Bertz CT molecular complexity index is 872. The molecular weight excluding hydrogens is 290 g/mol. The standard InChI is InChI=1S/C16H10ClNO3/c17-10-6-7-12-14(8-10)21-16(13(9-19)15(12)20)18-11-4-2-1-3-5-11/h1-9,18H. The molecule has 0 unspecified atom stereocenters. The van der Waals surface area contributed by atoms with Crippen LogP contribution in [0.15, 0.2) is 57.7 Å². The van der Waals surface area contributed by atoms with Crippen molar-refractivity contribution in [2.75, 3.05) is 5.32 Å². The van der Waals surface area contributed by atoms with Crippen LogP contribution >= 0.6 is 11.6 Å². The van der Waals surface area contributed by atoms with Gasteiger partial charge in [0.1, 0.15) is 11.1 Å². The average molecular weight is 300 g/mol. The number of rotatable bonds is 3. The molecule has 0 amide bonds. The fourth-order valence-corrected chi connectivity index (χ4v) is 2.20. The number of hydrogen-bond acceptors (Lipinski definition) is 4. The summed E-state index contributed by atoms with van der Waals surface area (Å²) in [5.74, 6) is 0.107. The van der Waals surface area contributed by atoms with Crippen molar-refractivity contribution >= 4 is 40.4 Å². The lowest BCUT2D eigenvalue weighted by molar-refractivity contribution is 0.112. The zero-order valence-corrected chi connectivity index (χ0v) is 11.6. The molecule has 0 fully saturated rings. The Morgan fingerprint density at radius 2 is 1.86 bits per heavy atom. The van der Waals surface area contributed by atoms with Gasteiger partial charge in [0.25, 0.3) is 0 Å². The van der Waals surface area contributed by atoms with E-state index in [-0.39, 0.29) is 16.9 Å². The van der Waals surface area contributed by atoms with Gasteiger partial charge in [-0.2, -0.15) is 0 Å². The first-order valence-electron chi connectivity index (χ1n) is 6.22. The predicted octanol–water partition coefficient (Wildman–Crippen LogP) is 4.00. The average Bonchev–Trinajstić information content (AvgIpc) is 2.48. The van der Waals surface area contributed by atoms with Crippen LogP contribution in [-0.2, 0) is 0 Å². The molecule has 1 heterocycles. The summed E-state index contributed by atoms with van der Waals surface area (Å²) in [6, 6.07) is 13.8. The number of benzene rings is 2. The summed E-state index contributed by atoms with van der Waals surface area (Å²) in [6.07, 6.45) is 0.491. The van der Waals surface area contributed by atoms with E-state index in [9.17, 15) is 9.59 Å². The lowest BCUT2D eigenvalue weighted by atomic mass is 10.1. The largest absolute Gasteiger partial charge is 0.439 e. The van der Waals surface area contributed by atoms with Crippen LogP contribution in [0, 0.1) is 0 Å². The van der Waals surface area contributed by atoms with E-state index in [1.54, 1.807) is 30.3 Å². The first-order chi connectivity index (χ1) is 10.2. The van der Waals surface area contributed by atoms with Crippen molar-refractivity contribution in [1.82, 2.24) is 0 Å². The molecule has 4 nitrogen and oxygen atoms in total. The summed E-state index contributed by atoms with van der Waals surface area (Å²) in [5, 5.41) is 3.71. The summed E-state index contributed by atoms with van der Waals surface area (Å²) in [7, 11) is 0. The molecule has 3 aromatic rings. The second kappa shape index (κ2) is 5.42. The van der Waals surface area contributed by atoms with Crippen LogP contribution in [-0.4, -0.2) is 6.29 Å². The fraction of sp³-hybridized carbons (Fsp3) is 0. The minimum Gasteiger partial charge on any atom is -0.439 e. The Morgan fingerprint density at radius 1 is 1.10 bits per heavy atom. The Morgan fingerprint density at radius 3 is 2.57 bits per heavy atom. The first-order valence-corrected chi connectivity index (χ1v) is 6.60. The van der Waals surface area contributed by atoms with Gasteiger partial charge in [0, 0.05) is 16.8 Å². The molecular formula is C16H10ClNO3. The van der Waals surface area contributed by atoms with Crippen molar-refractivity contribution in [3.63, 3.8) is 0 Å². The maximum atomic E-state index is 12.3. The molecule has 5 heteroatoms. The van der Waals surface area contributed by atoms with Gasteiger partial charge in [0.15, 0.2) is 6.29 Å². The number of anilines is 2. The van der Waals surface area contributed by atoms with Crippen molar-refractivity contribution in [1.29, 1.82) is 0 Å². The van der Waals surface area contributed by atoms with Crippen molar-refractivity contribution < 1.29 is 9.21 Å². The lowest BCUT2D eigenvalue weighted by Gasteiger charge is -2.08. The van der Waals surface area contributed by atoms with E-state index in [4.69, 9.17) is 16.0 Å². The second-order valence-corrected chi connectivity index (χ2v) is 4.86. The van der Waals surface area contributed by atoms with Crippen molar-refractivity contribution in [2.24, 2.45) is 0 Å². The molecule has 0 spiro atoms. The minimum atomic E-state index is -0.388. The summed E-state index contributed by atoms with van der Waals surface area (Å²) in [4.78, 5) is 23.5. The number of aldehydes is 1. The normalized spacial score (nSPS) is 10.5. The molecule has 3 rings (SSSR count). The highest BCUT2D eigenvalue weighted by molar-refractivity contribution is 6.31. The van der Waals surface area contributed by atoms with E-state index in [2.05, 4.69) is 5.32 Å². The van der Waals surface area contributed by atoms with Crippen LogP contribution in [0.5, 0.6) is 0 Å². The molecule has 0 radical (unpaired) electrons. The molecule has 104 valence electrons. The Kier molecular flexibility index (Phi) is 3.46. The molecule has 0 aliphatic heterocycles. The third kappa shape index (κ3) is 2.53. The van der Waals surface area contributed by atoms with E-state index < -0.39 is 0 Å². The van der Waals surface area contributed by atoms with E-state index in [0.717, 1.165) is 0 Å². The highest BCUT2D eigenvalue weighted by Crippen LogP contribution is 2.24. The van der Waals surface area contributed by atoms with Crippen LogP contribution in [0.2, 0.25) is 5.02 Å². The third-order valence-electron chi connectivity index (χ3n) is 3.04. The van der Waals surface area contributed by atoms with Gasteiger partial charge in [-0.3, -0.25) is 9.59 Å². The molecule has 0 aliphatic rings. The summed E-state index contributed by atoms with van der Waals surface area (Å²) in [5.41, 5.74) is 0.608. The number of para-hydroxylation sites is 1. The van der Waals surface area contributed by atoms with Gasteiger partial charge >= 0.3 is 0 Å². The highest BCUT2D eigenvalue weighted by atomic mass is 35.5. The van der Waals surface area contributed by atoms with Crippen LogP contribution in [0.3, 0.4) is 0 Å². The number of nitrogens with one attached hydrogen (secondary N) is 1. The van der Waals surface area contributed by atoms with Gasteiger partial charge in [-0.05, 0) is 24.3 Å². The Labute approximate surface area is 125 Å². The van der Waals surface area contributed by atoms with Crippen molar-refractivity contribution in [2.45, 2.75) is 0 Å². The zero-order valence-electron chi connectivity index (χ0n) is 10.8. The summed E-state index contributed by atoms with van der Waals surface area (Å²) < 4.78 is 5.62. The first kappa shape index (κ1) is 13.4. The van der Waals surface area contributed by atoms with Gasteiger partial charge in [0.2, 0.25) is 11.3 Å². The van der Waals surface area contributed by atoms with Crippen LogP contribution in [0.1, 0.15) is 10.4 Å². The topological polar surface area (TPSA) is 59.3 Å². The van der Waals surface area contributed by atoms with Gasteiger partial charge in [0.05, 0.1) is 5.39 Å². The maximum absolute atomic E-state index is 12.3. The number of halogens is 1. The van der Waals surface area contributed by atoms with Crippen molar-refractivity contribution in [3.05, 3.63) is 69.3 Å².